The Labute approximate surface area is 472 Å². The van der Waals surface area contributed by atoms with Gasteiger partial charge in [-0.15, -0.1) is 0 Å². The maximum atomic E-state index is 13.4. The van der Waals surface area contributed by atoms with E-state index in [9.17, 15) is 35.1 Å². The molecule has 0 radical (unpaired) electrons. The van der Waals surface area contributed by atoms with Crippen LogP contribution in [-0.4, -0.2) is 99.6 Å². The molecule has 77 heavy (non-hydrogen) atoms. The van der Waals surface area contributed by atoms with Gasteiger partial charge in [-0.1, -0.05) is 256 Å². The van der Waals surface area contributed by atoms with Crippen LogP contribution in [0.1, 0.15) is 297 Å². The zero-order valence-electron chi connectivity index (χ0n) is 49.8. The molecule has 0 aliphatic carbocycles. The Morgan fingerprint density at radius 3 is 1.36 bits per heavy atom. The van der Waals surface area contributed by atoms with Crippen LogP contribution >= 0.6 is 0 Å². The van der Waals surface area contributed by atoms with Gasteiger partial charge in [-0.2, -0.15) is 0 Å². The number of ether oxygens (including phenoxy) is 3. The Bertz CT molecular complexity index is 1440. The van der Waals surface area contributed by atoms with Crippen molar-refractivity contribution in [2.75, 3.05) is 13.2 Å². The fourth-order valence-electron chi connectivity index (χ4n) is 10.0. The summed E-state index contributed by atoms with van der Waals surface area (Å²) >= 11 is 0. The normalized spacial score (nSPS) is 19.3. The summed E-state index contributed by atoms with van der Waals surface area (Å²) in [4.78, 5) is 26.6. The van der Waals surface area contributed by atoms with E-state index in [0.29, 0.717) is 12.8 Å². The SMILES string of the molecule is CCCCC/C=C\C/C=C\CCCCCCCCCCCCCC(=O)OC1C(OCC(NC(=O)C(O)CCCCCCCC/C=C/CCCCCCCC)C(O)/C=C/CCCCCCCCCCC)OC(CO)C(O)C1O. The van der Waals surface area contributed by atoms with E-state index in [2.05, 4.69) is 62.5 Å². The highest BCUT2D eigenvalue weighted by molar-refractivity contribution is 5.80. The number of aliphatic hydroxyl groups is 5. The van der Waals surface area contributed by atoms with Gasteiger partial charge in [0.1, 0.15) is 24.4 Å². The molecule has 0 bridgehead atoms. The van der Waals surface area contributed by atoms with Crippen molar-refractivity contribution in [3.63, 3.8) is 0 Å². The van der Waals surface area contributed by atoms with Crippen LogP contribution in [0.15, 0.2) is 48.6 Å². The summed E-state index contributed by atoms with van der Waals surface area (Å²) < 4.78 is 17.6. The van der Waals surface area contributed by atoms with Crippen LogP contribution in [-0.2, 0) is 23.8 Å². The van der Waals surface area contributed by atoms with Crippen molar-refractivity contribution in [1.82, 2.24) is 5.32 Å². The van der Waals surface area contributed by atoms with Gasteiger partial charge in [0, 0.05) is 6.42 Å². The van der Waals surface area contributed by atoms with Gasteiger partial charge >= 0.3 is 5.97 Å². The Balaban J connectivity index is 2.62. The van der Waals surface area contributed by atoms with E-state index in [0.717, 1.165) is 77.0 Å². The fraction of sp³-hybridized carbons (Fsp3) is 0.848. The molecule has 0 aromatic carbocycles. The number of esters is 1. The minimum Gasteiger partial charge on any atom is -0.454 e. The number of hydrogen-bond acceptors (Lipinski definition) is 10. The van der Waals surface area contributed by atoms with E-state index in [1.807, 2.05) is 6.08 Å². The number of nitrogens with one attached hydrogen (secondary N) is 1. The summed E-state index contributed by atoms with van der Waals surface area (Å²) in [6, 6.07) is -1.03. The van der Waals surface area contributed by atoms with Crippen molar-refractivity contribution in [3.05, 3.63) is 48.6 Å². The predicted octanol–water partition coefficient (Wildman–Crippen LogP) is 15.6. The highest BCUT2D eigenvalue weighted by Crippen LogP contribution is 2.26. The summed E-state index contributed by atoms with van der Waals surface area (Å²) in [5.74, 6) is -1.19. The molecular weight excluding hydrogens is 967 g/mol. The third kappa shape index (κ3) is 42.2. The Morgan fingerprint density at radius 1 is 0.506 bits per heavy atom. The standard InChI is InChI=1S/C66H121NO10/c1-4-7-10-13-16-19-22-24-26-28-29-30-31-32-34-36-39-42-45-48-51-54-61(71)77-64-63(73)62(72)60(55-68)76-66(64)75-56-57(58(69)52-49-46-43-40-37-21-18-15-12-9-6-3)67-65(74)59(70)53-50-47-44-41-38-35-33-27-25-23-20-17-14-11-8-5-2/h16,19,24-27,49,52,57-60,62-64,66,68-70,72-73H,4-15,17-18,20-23,28-48,50-51,53-56H2,1-3H3,(H,67,74)/b19-16-,26-24-,27-25+,52-49+. The number of rotatable bonds is 55. The summed E-state index contributed by atoms with van der Waals surface area (Å²) in [5.41, 5.74) is 0. The maximum absolute atomic E-state index is 13.4. The second-order valence-corrected chi connectivity index (χ2v) is 22.5. The van der Waals surface area contributed by atoms with E-state index in [-0.39, 0.29) is 19.4 Å². The van der Waals surface area contributed by atoms with Gasteiger partial charge in [0.25, 0.3) is 0 Å². The summed E-state index contributed by atoms with van der Waals surface area (Å²) in [5, 5.41) is 57.0. The minimum atomic E-state index is -1.61. The van der Waals surface area contributed by atoms with Crippen molar-refractivity contribution < 1.29 is 49.3 Å². The first-order valence-corrected chi connectivity index (χ1v) is 32.4. The van der Waals surface area contributed by atoms with E-state index in [4.69, 9.17) is 14.2 Å². The van der Waals surface area contributed by atoms with Crippen molar-refractivity contribution >= 4 is 11.9 Å². The number of unbranched alkanes of at least 4 members (excludes halogenated alkanes) is 35. The van der Waals surface area contributed by atoms with E-state index in [1.54, 1.807) is 6.08 Å². The molecule has 1 aliphatic rings. The first-order valence-electron chi connectivity index (χ1n) is 32.4. The van der Waals surface area contributed by atoms with E-state index < -0.39 is 67.4 Å². The molecule has 1 saturated heterocycles. The molecule has 1 aliphatic heterocycles. The molecule has 450 valence electrons. The van der Waals surface area contributed by atoms with Crippen molar-refractivity contribution in [1.29, 1.82) is 0 Å². The predicted molar refractivity (Wildman–Crippen MR) is 320 cm³/mol. The van der Waals surface area contributed by atoms with Gasteiger partial charge in [0.15, 0.2) is 12.4 Å². The summed E-state index contributed by atoms with van der Waals surface area (Å²) in [7, 11) is 0. The molecule has 1 fully saturated rings. The zero-order chi connectivity index (χ0) is 56.1. The quantitative estimate of drug-likeness (QED) is 0.0195. The van der Waals surface area contributed by atoms with Gasteiger partial charge in [-0.05, 0) is 83.5 Å². The van der Waals surface area contributed by atoms with Crippen LogP contribution in [0.4, 0.5) is 0 Å². The van der Waals surface area contributed by atoms with Crippen molar-refractivity contribution in [2.45, 2.75) is 346 Å². The first-order chi connectivity index (χ1) is 37.7. The molecular formula is C66H121NO10. The fourth-order valence-corrected chi connectivity index (χ4v) is 10.0. The van der Waals surface area contributed by atoms with Gasteiger partial charge < -0.3 is 45.1 Å². The van der Waals surface area contributed by atoms with E-state index >= 15 is 0 Å². The molecule has 1 heterocycles. The van der Waals surface area contributed by atoms with Crippen LogP contribution in [0, 0.1) is 0 Å². The van der Waals surface area contributed by atoms with Crippen LogP contribution in [0.2, 0.25) is 0 Å². The lowest BCUT2D eigenvalue weighted by Crippen LogP contribution is -2.61. The molecule has 8 unspecified atom stereocenters. The summed E-state index contributed by atoms with van der Waals surface area (Å²) in [6.07, 6.45) is 55.7. The molecule has 6 N–H and O–H groups in total. The lowest BCUT2D eigenvalue weighted by molar-refractivity contribution is -0.305. The van der Waals surface area contributed by atoms with Crippen molar-refractivity contribution in [3.8, 4) is 0 Å². The number of carbonyl (C=O) groups excluding carboxylic acids is 2. The van der Waals surface area contributed by atoms with Gasteiger partial charge in [0.2, 0.25) is 5.91 Å². The minimum absolute atomic E-state index is 0.121. The number of allylic oxidation sites excluding steroid dienone is 7. The van der Waals surface area contributed by atoms with Gasteiger partial charge in [0.05, 0.1) is 25.4 Å². The molecule has 11 heteroatoms. The maximum Gasteiger partial charge on any atom is 0.306 e. The average Bonchev–Trinajstić information content (AvgIpc) is 3.43. The van der Waals surface area contributed by atoms with Crippen molar-refractivity contribution in [2.24, 2.45) is 0 Å². The highest BCUT2D eigenvalue weighted by atomic mass is 16.7. The molecule has 0 aromatic heterocycles. The van der Waals surface area contributed by atoms with Crippen LogP contribution < -0.4 is 5.32 Å². The topological polar surface area (TPSA) is 175 Å². The number of carbonyl (C=O) groups is 2. The molecule has 11 nitrogen and oxygen atoms in total. The molecule has 0 spiro atoms. The Kier molecular flexibility index (Phi) is 51.1. The largest absolute Gasteiger partial charge is 0.454 e. The molecule has 8 atom stereocenters. The molecule has 1 rings (SSSR count). The monoisotopic (exact) mass is 1090 g/mol. The zero-order valence-corrected chi connectivity index (χ0v) is 49.8. The third-order valence-corrected chi connectivity index (χ3v) is 15.2. The van der Waals surface area contributed by atoms with Crippen LogP contribution in [0.3, 0.4) is 0 Å². The Morgan fingerprint density at radius 2 is 0.896 bits per heavy atom. The lowest BCUT2D eigenvalue weighted by atomic mass is 9.99. The molecule has 0 saturated carbocycles. The summed E-state index contributed by atoms with van der Waals surface area (Å²) in [6.45, 7) is 5.77. The van der Waals surface area contributed by atoms with Gasteiger partial charge in [-0.25, -0.2) is 0 Å². The van der Waals surface area contributed by atoms with Crippen LogP contribution in [0.25, 0.3) is 0 Å². The second-order valence-electron chi connectivity index (χ2n) is 22.5. The smallest absolute Gasteiger partial charge is 0.306 e. The number of hydrogen-bond donors (Lipinski definition) is 6. The second kappa shape index (κ2) is 54.2. The molecule has 1 amide bonds. The average molecular weight is 1090 g/mol. The molecule has 0 aromatic rings. The van der Waals surface area contributed by atoms with E-state index in [1.165, 1.54) is 173 Å². The first kappa shape index (κ1) is 72.6. The van der Waals surface area contributed by atoms with Crippen LogP contribution in [0.5, 0.6) is 0 Å². The number of amides is 1. The van der Waals surface area contributed by atoms with Gasteiger partial charge in [-0.3, -0.25) is 9.59 Å². The lowest BCUT2D eigenvalue weighted by Gasteiger charge is -2.41. The number of aliphatic hydroxyl groups excluding tert-OH is 5. The Hall–Kier alpha value is -2.38. The highest BCUT2D eigenvalue weighted by Gasteiger charge is 2.47. The third-order valence-electron chi connectivity index (χ3n) is 15.2.